The molecule has 0 unspecified atom stereocenters. The van der Waals surface area contributed by atoms with Gasteiger partial charge >= 0.3 is 0 Å². The molecule has 17 heavy (non-hydrogen) atoms. The number of anilines is 1. The summed E-state index contributed by atoms with van der Waals surface area (Å²) in [6.45, 7) is 5.44. The van der Waals surface area contributed by atoms with E-state index in [1.165, 1.54) is 0 Å². The highest BCUT2D eigenvalue weighted by Gasteiger charge is 2.21. The minimum Gasteiger partial charge on any atom is -0.492 e. The molecule has 0 spiro atoms. The minimum atomic E-state index is -0.223. The van der Waals surface area contributed by atoms with Crippen molar-refractivity contribution in [2.24, 2.45) is 0 Å². The van der Waals surface area contributed by atoms with E-state index in [2.05, 4.69) is 4.90 Å². The summed E-state index contributed by atoms with van der Waals surface area (Å²) in [5.74, 6) is 0.778. The predicted octanol–water partition coefficient (Wildman–Crippen LogP) is 1.35. The zero-order valence-corrected chi connectivity index (χ0v) is 10.8. The standard InChI is InChI=1S/C13H22N2O2/c1-13(2,10-16)15(3)7-8-17-12-6-4-5-11(14)9-12/h4-6,9,16H,7-8,10,14H2,1-3H3. The first-order valence-electron chi connectivity index (χ1n) is 5.76. The molecule has 0 aliphatic rings. The topological polar surface area (TPSA) is 58.7 Å². The first-order valence-corrected chi connectivity index (χ1v) is 5.76. The van der Waals surface area contributed by atoms with Crippen molar-refractivity contribution in [3.63, 3.8) is 0 Å². The number of hydrogen-bond donors (Lipinski definition) is 2. The molecule has 0 heterocycles. The summed E-state index contributed by atoms with van der Waals surface area (Å²) in [5, 5.41) is 9.22. The van der Waals surface area contributed by atoms with Crippen molar-refractivity contribution in [2.45, 2.75) is 19.4 Å². The van der Waals surface area contributed by atoms with Gasteiger partial charge in [0.2, 0.25) is 0 Å². The number of nitrogen functional groups attached to an aromatic ring is 1. The molecule has 0 amide bonds. The normalized spacial score (nSPS) is 11.8. The Hall–Kier alpha value is -1.26. The third-order valence-corrected chi connectivity index (χ3v) is 2.97. The maximum atomic E-state index is 9.22. The summed E-state index contributed by atoms with van der Waals surface area (Å²) in [5.41, 5.74) is 6.13. The van der Waals surface area contributed by atoms with Gasteiger partial charge in [0.25, 0.3) is 0 Å². The van der Waals surface area contributed by atoms with Gasteiger partial charge in [0.15, 0.2) is 0 Å². The molecule has 0 saturated carbocycles. The van der Waals surface area contributed by atoms with E-state index in [-0.39, 0.29) is 12.1 Å². The number of ether oxygens (including phenoxy) is 1. The Morgan fingerprint density at radius 3 is 2.71 bits per heavy atom. The van der Waals surface area contributed by atoms with Gasteiger partial charge in [-0.05, 0) is 33.0 Å². The molecular weight excluding hydrogens is 216 g/mol. The average Bonchev–Trinajstić information content (AvgIpc) is 2.29. The minimum absolute atomic E-state index is 0.127. The molecule has 0 aliphatic heterocycles. The van der Waals surface area contributed by atoms with Crippen LogP contribution in [0.1, 0.15) is 13.8 Å². The first-order chi connectivity index (χ1) is 7.95. The van der Waals surface area contributed by atoms with Gasteiger partial charge in [0, 0.05) is 23.8 Å². The van der Waals surface area contributed by atoms with E-state index in [1.807, 2.05) is 39.1 Å². The van der Waals surface area contributed by atoms with E-state index in [4.69, 9.17) is 10.5 Å². The predicted molar refractivity (Wildman–Crippen MR) is 70.1 cm³/mol. The van der Waals surface area contributed by atoms with Gasteiger partial charge < -0.3 is 15.6 Å². The molecule has 4 heteroatoms. The maximum Gasteiger partial charge on any atom is 0.121 e. The highest BCUT2D eigenvalue weighted by Crippen LogP contribution is 2.15. The van der Waals surface area contributed by atoms with Crippen LogP contribution in [0.2, 0.25) is 0 Å². The zero-order chi connectivity index (χ0) is 12.9. The van der Waals surface area contributed by atoms with Crippen molar-refractivity contribution in [1.29, 1.82) is 0 Å². The Labute approximate surface area is 103 Å². The summed E-state index contributed by atoms with van der Waals surface area (Å²) < 4.78 is 5.59. The lowest BCUT2D eigenvalue weighted by Crippen LogP contribution is -2.45. The third-order valence-electron chi connectivity index (χ3n) is 2.97. The van der Waals surface area contributed by atoms with Gasteiger partial charge in [0.1, 0.15) is 12.4 Å². The highest BCUT2D eigenvalue weighted by atomic mass is 16.5. The van der Waals surface area contributed by atoms with Gasteiger partial charge in [0.05, 0.1) is 6.61 Å². The van der Waals surface area contributed by atoms with Crippen molar-refractivity contribution in [3.05, 3.63) is 24.3 Å². The largest absolute Gasteiger partial charge is 0.492 e. The van der Waals surface area contributed by atoms with Crippen LogP contribution >= 0.6 is 0 Å². The molecule has 0 radical (unpaired) electrons. The highest BCUT2D eigenvalue weighted by molar-refractivity contribution is 5.43. The van der Waals surface area contributed by atoms with Gasteiger partial charge in [-0.15, -0.1) is 0 Å². The fraction of sp³-hybridized carbons (Fsp3) is 0.538. The Kier molecular flexibility index (Phi) is 4.78. The second kappa shape index (κ2) is 5.89. The lowest BCUT2D eigenvalue weighted by Gasteiger charge is -2.33. The van der Waals surface area contributed by atoms with Crippen LogP contribution in [0.15, 0.2) is 24.3 Å². The molecule has 0 aromatic heterocycles. The summed E-state index contributed by atoms with van der Waals surface area (Å²) in [4.78, 5) is 2.07. The molecule has 0 atom stereocenters. The van der Waals surface area contributed by atoms with E-state index in [0.29, 0.717) is 12.3 Å². The number of nitrogens with two attached hydrogens (primary N) is 1. The Morgan fingerprint density at radius 1 is 1.41 bits per heavy atom. The first kappa shape index (κ1) is 13.8. The fourth-order valence-corrected chi connectivity index (χ4v) is 1.33. The van der Waals surface area contributed by atoms with Crippen molar-refractivity contribution in [1.82, 2.24) is 4.90 Å². The number of nitrogens with zero attached hydrogens (tertiary/aromatic N) is 1. The maximum absolute atomic E-state index is 9.22. The number of rotatable bonds is 6. The lowest BCUT2D eigenvalue weighted by atomic mass is 10.1. The molecule has 1 aromatic rings. The smallest absolute Gasteiger partial charge is 0.121 e. The van der Waals surface area contributed by atoms with Crippen LogP contribution in [0.5, 0.6) is 5.75 Å². The van der Waals surface area contributed by atoms with Gasteiger partial charge in [-0.3, -0.25) is 4.90 Å². The summed E-state index contributed by atoms with van der Waals surface area (Å²) in [7, 11) is 1.97. The van der Waals surface area contributed by atoms with Gasteiger partial charge in [-0.2, -0.15) is 0 Å². The van der Waals surface area contributed by atoms with Crippen molar-refractivity contribution in [3.8, 4) is 5.75 Å². The van der Waals surface area contributed by atoms with Crippen LogP contribution in [0.25, 0.3) is 0 Å². The van der Waals surface area contributed by atoms with E-state index < -0.39 is 0 Å². The molecule has 0 bridgehead atoms. The van der Waals surface area contributed by atoms with E-state index in [1.54, 1.807) is 6.07 Å². The lowest BCUT2D eigenvalue weighted by molar-refractivity contribution is 0.0679. The number of aliphatic hydroxyl groups excluding tert-OH is 1. The molecule has 0 saturated heterocycles. The Morgan fingerprint density at radius 2 is 2.12 bits per heavy atom. The second-order valence-corrected chi connectivity index (χ2v) is 4.81. The SMILES string of the molecule is CN(CCOc1cccc(N)c1)C(C)(C)CO. The second-order valence-electron chi connectivity index (χ2n) is 4.81. The summed E-state index contributed by atoms with van der Waals surface area (Å²) in [6, 6.07) is 7.38. The van der Waals surface area contributed by atoms with Crippen LogP contribution in [0.4, 0.5) is 5.69 Å². The third kappa shape index (κ3) is 4.24. The number of hydrogen-bond acceptors (Lipinski definition) is 4. The molecule has 0 fully saturated rings. The molecule has 1 rings (SSSR count). The molecular formula is C13H22N2O2. The average molecular weight is 238 g/mol. The molecule has 3 N–H and O–H groups in total. The summed E-state index contributed by atoms with van der Waals surface area (Å²) >= 11 is 0. The monoisotopic (exact) mass is 238 g/mol. The quantitative estimate of drug-likeness (QED) is 0.734. The molecule has 0 aliphatic carbocycles. The van der Waals surface area contributed by atoms with Crippen LogP contribution in [0, 0.1) is 0 Å². The fourth-order valence-electron chi connectivity index (χ4n) is 1.33. The van der Waals surface area contributed by atoms with E-state index >= 15 is 0 Å². The molecule has 1 aromatic carbocycles. The zero-order valence-electron chi connectivity index (χ0n) is 10.8. The van der Waals surface area contributed by atoms with Crippen LogP contribution in [-0.2, 0) is 0 Å². The summed E-state index contributed by atoms with van der Waals surface area (Å²) in [6.07, 6.45) is 0. The van der Waals surface area contributed by atoms with Crippen molar-refractivity contribution >= 4 is 5.69 Å². The van der Waals surface area contributed by atoms with Crippen molar-refractivity contribution in [2.75, 3.05) is 32.5 Å². The number of benzene rings is 1. The van der Waals surface area contributed by atoms with Gasteiger partial charge in [-0.25, -0.2) is 0 Å². The number of aliphatic hydroxyl groups is 1. The van der Waals surface area contributed by atoms with E-state index in [0.717, 1.165) is 12.3 Å². The number of likely N-dealkylation sites (N-methyl/N-ethyl adjacent to an activating group) is 1. The van der Waals surface area contributed by atoms with E-state index in [9.17, 15) is 5.11 Å². The molecule has 96 valence electrons. The van der Waals surface area contributed by atoms with Crippen LogP contribution < -0.4 is 10.5 Å². The van der Waals surface area contributed by atoms with Crippen molar-refractivity contribution < 1.29 is 9.84 Å². The molecule has 4 nitrogen and oxygen atoms in total. The Balaban J connectivity index is 2.38. The van der Waals surface area contributed by atoms with Gasteiger partial charge in [-0.1, -0.05) is 6.07 Å². The van der Waals surface area contributed by atoms with Crippen LogP contribution in [0.3, 0.4) is 0 Å². The van der Waals surface area contributed by atoms with Crippen LogP contribution in [-0.4, -0.2) is 42.4 Å². The Bertz CT molecular complexity index is 353.